The molecule has 1 saturated heterocycles. The topological polar surface area (TPSA) is 49.4 Å². The minimum atomic E-state index is -3.60. The summed E-state index contributed by atoms with van der Waals surface area (Å²) in [5, 5.41) is 3.63. The fourth-order valence-electron chi connectivity index (χ4n) is 2.30. The molecule has 4 nitrogen and oxygen atoms in total. The lowest BCUT2D eigenvalue weighted by Crippen LogP contribution is -2.55. The molecule has 0 saturated carbocycles. The first kappa shape index (κ1) is 18.0. The van der Waals surface area contributed by atoms with Gasteiger partial charge in [-0.15, -0.1) is 12.4 Å². The Morgan fingerprint density at radius 2 is 1.75 bits per heavy atom. The predicted molar refractivity (Wildman–Crippen MR) is 84.5 cm³/mol. The van der Waals surface area contributed by atoms with Crippen molar-refractivity contribution in [1.29, 1.82) is 0 Å². The molecule has 2 rings (SSSR count). The van der Waals surface area contributed by atoms with Gasteiger partial charge in [0, 0.05) is 25.2 Å². The third-order valence-electron chi connectivity index (χ3n) is 3.06. The minimum absolute atomic E-state index is 0. The number of hydrogen-bond donors (Lipinski definition) is 1. The van der Waals surface area contributed by atoms with E-state index in [4.69, 9.17) is 23.2 Å². The fraction of sp³-hybridized carbons (Fsp3) is 0.500. The summed E-state index contributed by atoms with van der Waals surface area (Å²) < 4.78 is 26.7. The molecule has 1 aromatic rings. The highest BCUT2D eigenvalue weighted by Gasteiger charge is 2.32. The third-order valence-corrected chi connectivity index (χ3v) is 5.86. The maximum absolute atomic E-state index is 12.6. The van der Waals surface area contributed by atoms with Gasteiger partial charge in [-0.1, -0.05) is 29.3 Å². The van der Waals surface area contributed by atoms with Gasteiger partial charge in [0.2, 0.25) is 10.0 Å². The molecule has 0 radical (unpaired) electrons. The van der Waals surface area contributed by atoms with Gasteiger partial charge in [0.1, 0.15) is 4.90 Å². The van der Waals surface area contributed by atoms with Crippen molar-refractivity contribution in [3.63, 3.8) is 0 Å². The summed E-state index contributed by atoms with van der Waals surface area (Å²) in [6.07, 6.45) is 0. The van der Waals surface area contributed by atoms with E-state index in [1.54, 1.807) is 12.1 Å². The maximum atomic E-state index is 12.6. The summed E-state index contributed by atoms with van der Waals surface area (Å²) in [7, 11) is -3.60. The Labute approximate surface area is 135 Å². The summed E-state index contributed by atoms with van der Waals surface area (Å²) in [5.74, 6) is 0. The van der Waals surface area contributed by atoms with E-state index in [0.29, 0.717) is 13.1 Å². The van der Waals surface area contributed by atoms with Crippen LogP contribution in [0.5, 0.6) is 0 Å². The Morgan fingerprint density at radius 1 is 1.20 bits per heavy atom. The van der Waals surface area contributed by atoms with Gasteiger partial charge >= 0.3 is 0 Å². The molecule has 2 atom stereocenters. The van der Waals surface area contributed by atoms with E-state index in [-0.39, 0.29) is 39.4 Å². The molecule has 8 heteroatoms. The first-order valence-electron chi connectivity index (χ1n) is 6.02. The molecule has 0 amide bonds. The normalized spacial score (nSPS) is 24.2. The van der Waals surface area contributed by atoms with Gasteiger partial charge in [-0.25, -0.2) is 8.42 Å². The summed E-state index contributed by atoms with van der Waals surface area (Å²) in [4.78, 5) is 0.0722. The number of benzene rings is 1. The molecule has 1 aliphatic heterocycles. The van der Waals surface area contributed by atoms with E-state index < -0.39 is 10.0 Å². The standard InChI is InChI=1S/C12H16Cl2N2O2S.ClH/c1-8-6-16(7-9(2)15-8)19(17,18)11-5-3-4-10(13)12(11)14;/h3-5,8-9,15H,6-7H2,1-2H3;1H. The van der Waals surface area contributed by atoms with Crippen LogP contribution in [-0.2, 0) is 10.0 Å². The SMILES string of the molecule is CC1CN(S(=O)(=O)c2cccc(Cl)c2Cl)CC(C)N1.Cl. The molecule has 114 valence electrons. The van der Waals surface area contributed by atoms with Crippen LogP contribution in [0.1, 0.15) is 13.8 Å². The smallest absolute Gasteiger partial charge is 0.244 e. The van der Waals surface area contributed by atoms with Gasteiger partial charge in [-0.2, -0.15) is 4.31 Å². The number of nitrogens with one attached hydrogen (secondary N) is 1. The maximum Gasteiger partial charge on any atom is 0.244 e. The number of hydrogen-bond acceptors (Lipinski definition) is 3. The number of halogens is 3. The van der Waals surface area contributed by atoms with Gasteiger partial charge < -0.3 is 5.32 Å². The van der Waals surface area contributed by atoms with Crippen LogP contribution in [0.2, 0.25) is 10.0 Å². The van der Waals surface area contributed by atoms with E-state index in [1.165, 1.54) is 10.4 Å². The molecule has 1 fully saturated rings. The van der Waals surface area contributed by atoms with Crippen LogP contribution < -0.4 is 5.32 Å². The molecule has 0 aromatic heterocycles. The van der Waals surface area contributed by atoms with Crippen molar-refractivity contribution in [3.05, 3.63) is 28.2 Å². The molecule has 1 N–H and O–H groups in total. The Morgan fingerprint density at radius 3 is 2.30 bits per heavy atom. The largest absolute Gasteiger partial charge is 0.309 e. The van der Waals surface area contributed by atoms with Crippen molar-refractivity contribution >= 4 is 45.6 Å². The average Bonchev–Trinajstić information content (AvgIpc) is 2.31. The quantitative estimate of drug-likeness (QED) is 0.883. The first-order valence-corrected chi connectivity index (χ1v) is 8.22. The molecular formula is C12H17Cl3N2O2S. The molecule has 20 heavy (non-hydrogen) atoms. The summed E-state index contributed by atoms with van der Waals surface area (Å²) >= 11 is 11.9. The van der Waals surface area contributed by atoms with Gasteiger partial charge in [-0.3, -0.25) is 0 Å². The Kier molecular flexibility index (Phi) is 6.14. The van der Waals surface area contributed by atoms with Crippen LogP contribution in [-0.4, -0.2) is 37.9 Å². The molecule has 1 aromatic carbocycles. The molecule has 0 spiro atoms. The van der Waals surface area contributed by atoms with Crippen molar-refractivity contribution in [2.75, 3.05) is 13.1 Å². The van der Waals surface area contributed by atoms with Gasteiger partial charge in [-0.05, 0) is 26.0 Å². The van der Waals surface area contributed by atoms with Gasteiger partial charge in [0.25, 0.3) is 0 Å². The summed E-state index contributed by atoms with van der Waals surface area (Å²) in [6.45, 7) is 4.76. The zero-order chi connectivity index (χ0) is 14.2. The zero-order valence-corrected chi connectivity index (χ0v) is 14.3. The molecule has 2 unspecified atom stereocenters. The van der Waals surface area contributed by atoms with Crippen LogP contribution in [0, 0.1) is 0 Å². The molecule has 1 heterocycles. The lowest BCUT2D eigenvalue weighted by atomic mass is 10.2. The van der Waals surface area contributed by atoms with Gasteiger partial charge in [0.15, 0.2) is 0 Å². The van der Waals surface area contributed by atoms with E-state index >= 15 is 0 Å². The van der Waals surface area contributed by atoms with Crippen LogP contribution in [0.3, 0.4) is 0 Å². The van der Waals surface area contributed by atoms with E-state index in [1.807, 2.05) is 13.8 Å². The Bertz CT molecular complexity index is 570. The van der Waals surface area contributed by atoms with E-state index in [2.05, 4.69) is 5.32 Å². The highest BCUT2D eigenvalue weighted by Crippen LogP contribution is 2.31. The number of nitrogens with zero attached hydrogens (tertiary/aromatic N) is 1. The summed E-state index contributed by atoms with van der Waals surface area (Å²) in [6, 6.07) is 4.87. The van der Waals surface area contributed by atoms with Crippen molar-refractivity contribution in [3.8, 4) is 0 Å². The predicted octanol–water partition coefficient (Wildman–Crippen LogP) is 2.79. The highest BCUT2D eigenvalue weighted by atomic mass is 35.5. The Balaban J connectivity index is 0.00000200. The second kappa shape index (κ2) is 6.81. The van der Waals surface area contributed by atoms with E-state index in [9.17, 15) is 8.42 Å². The van der Waals surface area contributed by atoms with Crippen LogP contribution in [0.25, 0.3) is 0 Å². The lowest BCUT2D eigenvalue weighted by Gasteiger charge is -2.35. The summed E-state index contributed by atoms with van der Waals surface area (Å²) in [5.41, 5.74) is 0. The van der Waals surface area contributed by atoms with Crippen LogP contribution >= 0.6 is 35.6 Å². The Hall–Kier alpha value is -0.0400. The second-order valence-electron chi connectivity index (χ2n) is 4.84. The van der Waals surface area contributed by atoms with Gasteiger partial charge in [0.05, 0.1) is 10.0 Å². The van der Waals surface area contributed by atoms with Crippen molar-refractivity contribution < 1.29 is 8.42 Å². The molecule has 1 aliphatic rings. The zero-order valence-electron chi connectivity index (χ0n) is 11.1. The molecule has 0 bridgehead atoms. The first-order chi connectivity index (χ1) is 8.82. The minimum Gasteiger partial charge on any atom is -0.309 e. The van der Waals surface area contributed by atoms with Crippen molar-refractivity contribution in [1.82, 2.24) is 9.62 Å². The number of sulfonamides is 1. The highest BCUT2D eigenvalue weighted by molar-refractivity contribution is 7.89. The van der Waals surface area contributed by atoms with Crippen molar-refractivity contribution in [2.45, 2.75) is 30.8 Å². The average molecular weight is 360 g/mol. The van der Waals surface area contributed by atoms with Crippen LogP contribution in [0.4, 0.5) is 0 Å². The van der Waals surface area contributed by atoms with E-state index in [0.717, 1.165) is 0 Å². The van der Waals surface area contributed by atoms with Crippen molar-refractivity contribution in [2.24, 2.45) is 0 Å². The number of rotatable bonds is 2. The lowest BCUT2D eigenvalue weighted by molar-refractivity contribution is 0.263. The third kappa shape index (κ3) is 3.59. The molecular weight excluding hydrogens is 343 g/mol. The second-order valence-corrected chi connectivity index (χ2v) is 7.53. The number of piperazine rings is 1. The molecule has 0 aliphatic carbocycles. The monoisotopic (exact) mass is 358 g/mol. The fourth-order valence-corrected chi connectivity index (χ4v) is 4.65. The van der Waals surface area contributed by atoms with Crippen LogP contribution in [0.15, 0.2) is 23.1 Å².